The Kier molecular flexibility index (Phi) is 7.80. The summed E-state index contributed by atoms with van der Waals surface area (Å²) in [6.45, 7) is 7.59. The van der Waals surface area contributed by atoms with Gasteiger partial charge in [0.1, 0.15) is 12.4 Å². The molecule has 33 heavy (non-hydrogen) atoms. The van der Waals surface area contributed by atoms with Gasteiger partial charge in [0, 0.05) is 18.5 Å². The van der Waals surface area contributed by atoms with E-state index in [4.69, 9.17) is 19.1 Å². The number of halogens is 3. The van der Waals surface area contributed by atoms with Gasteiger partial charge < -0.3 is 19.2 Å². The molecule has 1 unspecified atom stereocenters. The van der Waals surface area contributed by atoms with Gasteiger partial charge in [0.2, 0.25) is 5.91 Å². The molecule has 2 saturated heterocycles. The topological polar surface area (TPSA) is 96.1 Å². The van der Waals surface area contributed by atoms with E-state index in [0.717, 1.165) is 48.9 Å². The number of thiazole rings is 1. The molecule has 1 amide bonds. The molecule has 182 valence electrons. The summed E-state index contributed by atoms with van der Waals surface area (Å²) < 4.78 is 43.3. The average molecular weight is 490 g/mol. The Morgan fingerprint density at radius 3 is 2.52 bits per heavy atom. The summed E-state index contributed by atoms with van der Waals surface area (Å²) in [6.07, 6.45) is -1.51. The minimum Gasteiger partial charge on any atom is -0.475 e. The van der Waals surface area contributed by atoms with E-state index in [9.17, 15) is 18.0 Å². The molecule has 8 nitrogen and oxygen atoms in total. The quantitative estimate of drug-likeness (QED) is 0.703. The van der Waals surface area contributed by atoms with E-state index in [0.29, 0.717) is 6.54 Å². The zero-order chi connectivity index (χ0) is 24.2. The van der Waals surface area contributed by atoms with Crippen LogP contribution in [0.1, 0.15) is 36.2 Å². The SMILES string of the molecule is Cc1nc(CN2C(=O)COC3(CCN(Cc4ccco4)CC3)C2C)cs1.O=C(O)C(F)(F)F. The molecule has 2 aliphatic rings. The summed E-state index contributed by atoms with van der Waals surface area (Å²) in [5, 5.41) is 10.2. The lowest BCUT2D eigenvalue weighted by Crippen LogP contribution is -2.63. The van der Waals surface area contributed by atoms with Crippen molar-refractivity contribution in [1.82, 2.24) is 14.8 Å². The van der Waals surface area contributed by atoms with Gasteiger partial charge in [-0.1, -0.05) is 0 Å². The Morgan fingerprint density at radius 1 is 1.33 bits per heavy atom. The Balaban J connectivity index is 0.000000383. The van der Waals surface area contributed by atoms with Crippen LogP contribution in [0.2, 0.25) is 0 Å². The number of amides is 1. The van der Waals surface area contributed by atoms with Gasteiger partial charge in [-0.25, -0.2) is 9.78 Å². The molecule has 4 heterocycles. The second-order valence-corrected chi connectivity index (χ2v) is 9.13. The molecule has 0 aromatic carbocycles. The number of carboxylic acids is 1. The standard InChI is InChI=1S/C19H25N3O3S.C2HF3O2/c1-14-19(5-7-21(8-6-19)11-17-4-3-9-24-17)25-12-18(23)22(14)10-16-13-26-15(2)20-16;3-2(4,5)1(6)7/h3-4,9,13-14H,5-8,10-12H2,1-2H3;(H,6,7). The van der Waals surface area contributed by atoms with E-state index in [1.54, 1.807) is 17.6 Å². The number of aliphatic carboxylic acids is 1. The van der Waals surface area contributed by atoms with Crippen molar-refractivity contribution < 1.29 is 37.0 Å². The summed E-state index contributed by atoms with van der Waals surface area (Å²) in [4.78, 5) is 30.2. The third kappa shape index (κ3) is 6.33. The summed E-state index contributed by atoms with van der Waals surface area (Å²) in [5.74, 6) is -1.70. The molecule has 2 fully saturated rings. The van der Waals surface area contributed by atoms with Gasteiger partial charge in [0.25, 0.3) is 0 Å². The molecule has 0 radical (unpaired) electrons. The highest BCUT2D eigenvalue weighted by molar-refractivity contribution is 7.09. The van der Waals surface area contributed by atoms with Crippen LogP contribution in [-0.4, -0.2) is 69.3 Å². The zero-order valence-electron chi connectivity index (χ0n) is 18.3. The highest BCUT2D eigenvalue weighted by atomic mass is 32.1. The second-order valence-electron chi connectivity index (χ2n) is 8.07. The predicted molar refractivity (Wildman–Crippen MR) is 112 cm³/mol. The first-order valence-corrected chi connectivity index (χ1v) is 11.3. The number of piperidine rings is 1. The van der Waals surface area contributed by atoms with Crippen molar-refractivity contribution in [2.75, 3.05) is 19.7 Å². The van der Waals surface area contributed by atoms with Gasteiger partial charge in [-0.3, -0.25) is 9.69 Å². The number of carboxylic acid groups (broad SMARTS) is 1. The smallest absolute Gasteiger partial charge is 0.475 e. The summed E-state index contributed by atoms with van der Waals surface area (Å²) in [6, 6.07) is 3.99. The van der Waals surface area contributed by atoms with Gasteiger partial charge in [0.05, 0.1) is 41.7 Å². The van der Waals surface area contributed by atoms with Crippen molar-refractivity contribution in [2.24, 2.45) is 0 Å². The monoisotopic (exact) mass is 489 g/mol. The van der Waals surface area contributed by atoms with E-state index in [-0.39, 0.29) is 24.2 Å². The maximum atomic E-state index is 12.5. The fourth-order valence-corrected chi connectivity index (χ4v) is 4.67. The van der Waals surface area contributed by atoms with E-state index < -0.39 is 12.1 Å². The van der Waals surface area contributed by atoms with Crippen molar-refractivity contribution in [3.63, 3.8) is 0 Å². The largest absolute Gasteiger partial charge is 0.490 e. The Morgan fingerprint density at radius 2 is 2.00 bits per heavy atom. The molecule has 0 aliphatic carbocycles. The van der Waals surface area contributed by atoms with Crippen LogP contribution >= 0.6 is 11.3 Å². The molecular formula is C21H26F3N3O5S. The van der Waals surface area contributed by atoms with Crippen LogP contribution in [0.4, 0.5) is 13.2 Å². The van der Waals surface area contributed by atoms with Crippen LogP contribution in [0.3, 0.4) is 0 Å². The molecule has 2 aromatic heterocycles. The molecule has 1 N–H and O–H groups in total. The number of furan rings is 1. The van der Waals surface area contributed by atoms with Gasteiger partial charge in [-0.15, -0.1) is 11.3 Å². The third-order valence-corrected chi connectivity index (χ3v) is 6.76. The van der Waals surface area contributed by atoms with Gasteiger partial charge >= 0.3 is 12.1 Å². The van der Waals surface area contributed by atoms with Crippen LogP contribution in [-0.2, 0) is 27.4 Å². The second kappa shape index (κ2) is 10.2. The maximum Gasteiger partial charge on any atom is 0.490 e. The van der Waals surface area contributed by atoms with E-state index in [1.807, 2.05) is 29.3 Å². The summed E-state index contributed by atoms with van der Waals surface area (Å²) in [5.41, 5.74) is 0.721. The average Bonchev–Trinajstić information content (AvgIpc) is 3.41. The number of nitrogens with zero attached hydrogens (tertiary/aromatic N) is 3. The number of carbonyl (C=O) groups is 2. The molecule has 0 saturated carbocycles. The number of hydrogen-bond acceptors (Lipinski definition) is 7. The maximum absolute atomic E-state index is 12.5. The number of rotatable bonds is 4. The number of ether oxygens (including phenoxy) is 1. The molecular weight excluding hydrogens is 463 g/mol. The van der Waals surface area contributed by atoms with Crippen LogP contribution in [0.15, 0.2) is 28.2 Å². The van der Waals surface area contributed by atoms with Crippen LogP contribution in [0, 0.1) is 6.92 Å². The first-order chi connectivity index (χ1) is 15.5. The lowest BCUT2D eigenvalue weighted by Gasteiger charge is -2.51. The number of likely N-dealkylation sites (tertiary alicyclic amines) is 1. The van der Waals surface area contributed by atoms with Crippen molar-refractivity contribution in [2.45, 2.75) is 57.6 Å². The number of aromatic nitrogens is 1. The van der Waals surface area contributed by atoms with Crippen molar-refractivity contribution in [1.29, 1.82) is 0 Å². The molecule has 2 aliphatic heterocycles. The number of alkyl halides is 3. The van der Waals surface area contributed by atoms with Crippen molar-refractivity contribution in [3.8, 4) is 0 Å². The minimum absolute atomic E-state index is 0.0523. The van der Waals surface area contributed by atoms with Crippen LogP contribution < -0.4 is 0 Å². The number of morpholine rings is 1. The Labute approximate surface area is 192 Å². The van der Waals surface area contributed by atoms with Crippen LogP contribution in [0.25, 0.3) is 0 Å². The van der Waals surface area contributed by atoms with Gasteiger partial charge in [-0.2, -0.15) is 13.2 Å². The highest BCUT2D eigenvalue weighted by Gasteiger charge is 2.48. The molecule has 0 bridgehead atoms. The van der Waals surface area contributed by atoms with E-state index >= 15 is 0 Å². The predicted octanol–water partition coefficient (Wildman–Crippen LogP) is 3.46. The molecule has 12 heteroatoms. The Bertz CT molecular complexity index is 939. The first kappa shape index (κ1) is 25.2. The number of hydrogen-bond donors (Lipinski definition) is 1. The number of aryl methyl sites for hydroxylation is 1. The summed E-state index contributed by atoms with van der Waals surface area (Å²) in [7, 11) is 0. The lowest BCUT2D eigenvalue weighted by atomic mass is 9.82. The normalized spacial score (nSPS) is 21.1. The Hall–Kier alpha value is -2.44. The van der Waals surface area contributed by atoms with E-state index in [2.05, 4.69) is 16.8 Å². The fourth-order valence-electron chi connectivity index (χ4n) is 4.06. The van der Waals surface area contributed by atoms with Gasteiger partial charge in [-0.05, 0) is 38.8 Å². The molecule has 4 rings (SSSR count). The minimum atomic E-state index is -5.08. The highest BCUT2D eigenvalue weighted by Crippen LogP contribution is 2.36. The first-order valence-electron chi connectivity index (χ1n) is 10.4. The third-order valence-electron chi connectivity index (χ3n) is 5.94. The number of carbonyl (C=O) groups excluding carboxylic acids is 1. The molecule has 1 atom stereocenters. The fraction of sp³-hybridized carbons (Fsp3) is 0.571. The van der Waals surface area contributed by atoms with Crippen molar-refractivity contribution in [3.05, 3.63) is 40.2 Å². The zero-order valence-corrected chi connectivity index (χ0v) is 19.1. The lowest BCUT2D eigenvalue weighted by molar-refractivity contribution is -0.192. The van der Waals surface area contributed by atoms with E-state index in [1.165, 1.54) is 0 Å². The van der Waals surface area contributed by atoms with Gasteiger partial charge in [0.15, 0.2) is 0 Å². The van der Waals surface area contributed by atoms with Crippen molar-refractivity contribution >= 4 is 23.2 Å². The molecule has 2 aromatic rings. The van der Waals surface area contributed by atoms with Crippen LogP contribution in [0.5, 0.6) is 0 Å². The molecule has 1 spiro atoms. The summed E-state index contributed by atoms with van der Waals surface area (Å²) >= 11 is 1.63.